The number of benzene rings is 1. The Morgan fingerprint density at radius 2 is 2.11 bits per heavy atom. The zero-order chi connectivity index (χ0) is 13.3. The maximum atomic E-state index is 12.4. The van der Waals surface area contributed by atoms with Crippen molar-refractivity contribution in [3.8, 4) is 11.5 Å². The van der Waals surface area contributed by atoms with E-state index in [0.717, 1.165) is 6.54 Å². The maximum Gasteiger partial charge on any atom is 0.258 e. The van der Waals surface area contributed by atoms with Gasteiger partial charge in [0.25, 0.3) is 5.91 Å². The molecule has 0 aliphatic carbocycles. The Bertz CT molecular complexity index is 462. The number of aromatic hydroxyl groups is 2. The largest absolute Gasteiger partial charge is 0.504 e. The molecule has 1 aliphatic heterocycles. The molecule has 1 aromatic carbocycles. The first-order valence-corrected chi connectivity index (χ1v) is 6.06. The second-order valence-corrected chi connectivity index (χ2v) is 4.79. The van der Waals surface area contributed by atoms with Crippen molar-refractivity contribution in [2.75, 3.05) is 13.1 Å². The van der Waals surface area contributed by atoms with Gasteiger partial charge < -0.3 is 20.4 Å². The Morgan fingerprint density at radius 3 is 2.83 bits per heavy atom. The van der Waals surface area contributed by atoms with E-state index >= 15 is 0 Å². The number of rotatable bonds is 1. The van der Waals surface area contributed by atoms with Gasteiger partial charge >= 0.3 is 0 Å². The normalized spacial score (nSPS) is 24.0. The number of nitrogens with one attached hydrogen (secondary N) is 1. The molecule has 1 aliphatic rings. The molecular formula is C13H18N2O3. The van der Waals surface area contributed by atoms with Crippen LogP contribution in [0.15, 0.2) is 18.2 Å². The fraction of sp³-hybridized carbons (Fsp3) is 0.462. The third kappa shape index (κ3) is 2.26. The van der Waals surface area contributed by atoms with Crippen LogP contribution in [0.3, 0.4) is 0 Å². The molecule has 1 amide bonds. The van der Waals surface area contributed by atoms with Crippen LogP contribution >= 0.6 is 0 Å². The van der Waals surface area contributed by atoms with Gasteiger partial charge in [-0.05, 0) is 26.0 Å². The van der Waals surface area contributed by atoms with Crippen molar-refractivity contribution < 1.29 is 15.0 Å². The van der Waals surface area contributed by atoms with E-state index in [1.165, 1.54) is 12.1 Å². The Hall–Kier alpha value is -1.75. The van der Waals surface area contributed by atoms with Gasteiger partial charge in [0, 0.05) is 25.2 Å². The summed E-state index contributed by atoms with van der Waals surface area (Å²) < 4.78 is 0. The highest BCUT2D eigenvalue weighted by atomic mass is 16.3. The number of carbonyl (C=O) groups is 1. The van der Waals surface area contributed by atoms with E-state index in [1.807, 2.05) is 13.8 Å². The lowest BCUT2D eigenvalue weighted by atomic mass is 10.1. The first-order valence-electron chi connectivity index (χ1n) is 6.06. The van der Waals surface area contributed by atoms with Crippen molar-refractivity contribution in [2.24, 2.45) is 0 Å². The molecule has 2 unspecified atom stereocenters. The summed E-state index contributed by atoms with van der Waals surface area (Å²) in [5.41, 5.74) is 0.149. The van der Waals surface area contributed by atoms with Crippen molar-refractivity contribution in [1.82, 2.24) is 10.2 Å². The van der Waals surface area contributed by atoms with Crippen LogP contribution in [-0.2, 0) is 0 Å². The number of hydrogen-bond donors (Lipinski definition) is 3. The predicted molar refractivity (Wildman–Crippen MR) is 67.7 cm³/mol. The van der Waals surface area contributed by atoms with Crippen molar-refractivity contribution >= 4 is 5.91 Å². The number of phenols is 2. The average Bonchev–Trinajstić information content (AvgIpc) is 2.35. The molecule has 98 valence electrons. The fourth-order valence-corrected chi connectivity index (χ4v) is 2.16. The second-order valence-electron chi connectivity index (χ2n) is 4.79. The standard InChI is InChI=1S/C13H18N2O3/c1-8-7-15(9(2)6-14-8)13(18)10-4-3-5-11(16)12(10)17/h3-5,8-9,14,16-17H,6-7H2,1-2H3. The number of hydrogen-bond acceptors (Lipinski definition) is 4. The minimum absolute atomic E-state index is 0.0652. The lowest BCUT2D eigenvalue weighted by molar-refractivity contribution is 0.0612. The van der Waals surface area contributed by atoms with E-state index in [9.17, 15) is 15.0 Å². The molecule has 0 bridgehead atoms. The van der Waals surface area contributed by atoms with Crippen LogP contribution in [0, 0.1) is 0 Å². The minimum Gasteiger partial charge on any atom is -0.504 e. The third-order valence-corrected chi connectivity index (χ3v) is 3.27. The minimum atomic E-state index is -0.346. The second kappa shape index (κ2) is 4.86. The summed E-state index contributed by atoms with van der Waals surface area (Å²) in [6, 6.07) is 4.73. The van der Waals surface area contributed by atoms with Crippen LogP contribution in [0.5, 0.6) is 11.5 Å². The molecule has 1 fully saturated rings. The van der Waals surface area contributed by atoms with Crippen molar-refractivity contribution in [2.45, 2.75) is 25.9 Å². The van der Waals surface area contributed by atoms with E-state index in [-0.39, 0.29) is 35.1 Å². The smallest absolute Gasteiger partial charge is 0.258 e. The Morgan fingerprint density at radius 1 is 1.39 bits per heavy atom. The van der Waals surface area contributed by atoms with Crippen molar-refractivity contribution in [1.29, 1.82) is 0 Å². The highest BCUT2D eigenvalue weighted by Crippen LogP contribution is 2.29. The zero-order valence-corrected chi connectivity index (χ0v) is 10.6. The van der Waals surface area contributed by atoms with E-state index in [2.05, 4.69) is 5.32 Å². The van der Waals surface area contributed by atoms with Gasteiger partial charge in [0.05, 0.1) is 5.56 Å². The van der Waals surface area contributed by atoms with Crippen LogP contribution in [0.2, 0.25) is 0 Å². The summed E-state index contributed by atoms with van der Waals surface area (Å²) in [4.78, 5) is 14.1. The first kappa shape index (κ1) is 12.7. The Labute approximate surface area is 106 Å². The molecule has 0 radical (unpaired) electrons. The van der Waals surface area contributed by atoms with E-state index in [1.54, 1.807) is 11.0 Å². The Balaban J connectivity index is 2.27. The number of amides is 1. The number of piperazine rings is 1. The molecule has 2 atom stereocenters. The summed E-state index contributed by atoms with van der Waals surface area (Å²) in [5.74, 6) is -0.859. The van der Waals surface area contributed by atoms with Gasteiger partial charge in [-0.1, -0.05) is 6.07 Å². The lowest BCUT2D eigenvalue weighted by Gasteiger charge is -2.37. The van der Waals surface area contributed by atoms with Crippen molar-refractivity contribution in [3.05, 3.63) is 23.8 Å². The zero-order valence-electron chi connectivity index (χ0n) is 10.6. The van der Waals surface area contributed by atoms with Gasteiger partial charge in [0.1, 0.15) is 0 Å². The number of phenolic OH excluding ortho intramolecular Hbond substituents is 2. The van der Waals surface area contributed by atoms with E-state index in [4.69, 9.17) is 0 Å². The average molecular weight is 250 g/mol. The quantitative estimate of drug-likeness (QED) is 0.648. The van der Waals surface area contributed by atoms with Gasteiger partial charge in [-0.25, -0.2) is 0 Å². The summed E-state index contributed by atoms with van der Waals surface area (Å²) in [5, 5.41) is 22.5. The van der Waals surface area contributed by atoms with Crippen LogP contribution in [-0.4, -0.2) is 46.2 Å². The van der Waals surface area contributed by atoms with Gasteiger partial charge in [0.2, 0.25) is 0 Å². The fourth-order valence-electron chi connectivity index (χ4n) is 2.16. The summed E-state index contributed by atoms with van der Waals surface area (Å²) in [6.45, 7) is 5.28. The summed E-state index contributed by atoms with van der Waals surface area (Å²) in [6.07, 6.45) is 0. The predicted octanol–water partition coefficient (Wildman–Crippen LogP) is 0.920. The number of carbonyl (C=O) groups excluding carboxylic acids is 1. The molecule has 1 heterocycles. The molecule has 1 aromatic rings. The molecular weight excluding hydrogens is 232 g/mol. The third-order valence-electron chi connectivity index (χ3n) is 3.27. The highest BCUT2D eigenvalue weighted by Gasteiger charge is 2.29. The van der Waals surface area contributed by atoms with E-state index in [0.29, 0.717) is 6.54 Å². The summed E-state index contributed by atoms with van der Waals surface area (Å²) in [7, 11) is 0. The molecule has 0 spiro atoms. The van der Waals surface area contributed by atoms with Crippen molar-refractivity contribution in [3.63, 3.8) is 0 Å². The molecule has 5 heteroatoms. The maximum absolute atomic E-state index is 12.4. The number of nitrogens with zero attached hydrogens (tertiary/aromatic N) is 1. The molecule has 2 rings (SSSR count). The number of para-hydroxylation sites is 1. The van der Waals surface area contributed by atoms with Gasteiger partial charge in [-0.2, -0.15) is 0 Å². The summed E-state index contributed by atoms with van der Waals surface area (Å²) >= 11 is 0. The molecule has 5 nitrogen and oxygen atoms in total. The SMILES string of the molecule is CC1CN(C(=O)c2cccc(O)c2O)C(C)CN1. The molecule has 0 aromatic heterocycles. The topological polar surface area (TPSA) is 72.8 Å². The van der Waals surface area contributed by atoms with E-state index < -0.39 is 0 Å². The first-order chi connectivity index (χ1) is 8.50. The highest BCUT2D eigenvalue weighted by molar-refractivity contribution is 5.97. The lowest BCUT2D eigenvalue weighted by Crippen LogP contribution is -2.56. The Kier molecular flexibility index (Phi) is 3.43. The molecule has 0 saturated carbocycles. The molecule has 3 N–H and O–H groups in total. The molecule has 18 heavy (non-hydrogen) atoms. The van der Waals surface area contributed by atoms with Gasteiger partial charge in [-0.15, -0.1) is 0 Å². The monoisotopic (exact) mass is 250 g/mol. The van der Waals surface area contributed by atoms with Crippen LogP contribution < -0.4 is 5.32 Å². The van der Waals surface area contributed by atoms with Gasteiger partial charge in [-0.3, -0.25) is 4.79 Å². The molecule has 1 saturated heterocycles. The van der Waals surface area contributed by atoms with Gasteiger partial charge in [0.15, 0.2) is 11.5 Å². The van der Waals surface area contributed by atoms with Crippen LogP contribution in [0.25, 0.3) is 0 Å². The van der Waals surface area contributed by atoms with Crippen LogP contribution in [0.1, 0.15) is 24.2 Å². The van der Waals surface area contributed by atoms with Crippen LogP contribution in [0.4, 0.5) is 0 Å².